The maximum absolute atomic E-state index is 13.3. The molecule has 0 spiro atoms. The van der Waals surface area contributed by atoms with E-state index in [-0.39, 0.29) is 10.6 Å². The Hall–Kier alpha value is -2.26. The lowest BCUT2D eigenvalue weighted by atomic mass is 10.1. The molecule has 1 fully saturated rings. The Morgan fingerprint density at radius 1 is 0.966 bits per heavy atom. The van der Waals surface area contributed by atoms with Gasteiger partial charge < -0.3 is 9.80 Å². The minimum atomic E-state index is -4.57. The van der Waals surface area contributed by atoms with Crippen LogP contribution >= 0.6 is 0 Å². The van der Waals surface area contributed by atoms with Gasteiger partial charge in [0.1, 0.15) is 0 Å². The van der Waals surface area contributed by atoms with Crippen LogP contribution < -0.4 is 9.62 Å². The Labute approximate surface area is 169 Å². The summed E-state index contributed by atoms with van der Waals surface area (Å²) in [4.78, 5) is 4.07. The van der Waals surface area contributed by atoms with Crippen molar-refractivity contribution < 1.29 is 21.6 Å². The number of nitrogens with one attached hydrogen (secondary N) is 1. The molecule has 3 rings (SSSR count). The highest BCUT2D eigenvalue weighted by Crippen LogP contribution is 2.37. The third-order valence-corrected chi connectivity index (χ3v) is 6.55. The molecule has 5 nitrogen and oxygen atoms in total. The van der Waals surface area contributed by atoms with Crippen LogP contribution in [0.4, 0.5) is 24.5 Å². The molecule has 0 atom stereocenters. The summed E-state index contributed by atoms with van der Waals surface area (Å²) in [6.45, 7) is 6.09. The fourth-order valence-corrected chi connectivity index (χ4v) is 4.71. The van der Waals surface area contributed by atoms with E-state index in [0.717, 1.165) is 30.8 Å². The standard InChI is InChI=1S/C20H24F3N3O2S/c1-14-4-5-15(2)19(12-14)29(27,28)24-17-13-16(20(21,22)23)6-7-18(17)26-10-8-25(3)9-11-26/h4-7,12-13,24H,8-11H2,1-3H3. The Morgan fingerprint density at radius 2 is 1.62 bits per heavy atom. The molecule has 0 saturated carbocycles. The van der Waals surface area contributed by atoms with Gasteiger partial charge in [-0.2, -0.15) is 13.2 Å². The highest BCUT2D eigenvalue weighted by Gasteiger charge is 2.32. The van der Waals surface area contributed by atoms with Crippen LogP contribution in [0.25, 0.3) is 0 Å². The first-order valence-electron chi connectivity index (χ1n) is 9.22. The molecular weight excluding hydrogens is 403 g/mol. The van der Waals surface area contributed by atoms with Gasteiger partial charge in [0, 0.05) is 26.2 Å². The number of nitrogens with zero attached hydrogens (tertiary/aromatic N) is 2. The molecule has 1 saturated heterocycles. The quantitative estimate of drug-likeness (QED) is 0.805. The molecule has 0 amide bonds. The van der Waals surface area contributed by atoms with E-state index >= 15 is 0 Å². The molecule has 2 aromatic rings. The van der Waals surface area contributed by atoms with Crippen LogP contribution in [0.5, 0.6) is 0 Å². The fourth-order valence-electron chi connectivity index (χ4n) is 3.31. The number of aryl methyl sites for hydroxylation is 2. The van der Waals surface area contributed by atoms with E-state index in [1.54, 1.807) is 26.0 Å². The molecule has 1 aliphatic heterocycles. The second-order valence-corrected chi connectivity index (χ2v) is 9.05. The van der Waals surface area contributed by atoms with Crippen LogP contribution in [0, 0.1) is 13.8 Å². The lowest BCUT2D eigenvalue weighted by molar-refractivity contribution is -0.137. The summed E-state index contributed by atoms with van der Waals surface area (Å²) in [5.41, 5.74) is 0.759. The van der Waals surface area contributed by atoms with Crippen LogP contribution in [0.3, 0.4) is 0 Å². The molecule has 0 aliphatic carbocycles. The van der Waals surface area contributed by atoms with Crippen LogP contribution in [0.2, 0.25) is 0 Å². The smallest absolute Gasteiger partial charge is 0.367 e. The van der Waals surface area contributed by atoms with Crippen molar-refractivity contribution in [2.45, 2.75) is 24.9 Å². The van der Waals surface area contributed by atoms with Crippen molar-refractivity contribution >= 4 is 21.4 Å². The number of sulfonamides is 1. The third kappa shape index (κ3) is 4.84. The van der Waals surface area contributed by atoms with E-state index in [2.05, 4.69) is 9.62 Å². The highest BCUT2D eigenvalue weighted by molar-refractivity contribution is 7.92. The topological polar surface area (TPSA) is 52.7 Å². The lowest BCUT2D eigenvalue weighted by Gasteiger charge is -2.35. The normalized spacial score (nSPS) is 16.1. The van der Waals surface area contributed by atoms with Gasteiger partial charge in [0.2, 0.25) is 0 Å². The second kappa shape index (κ2) is 7.87. The van der Waals surface area contributed by atoms with Crippen molar-refractivity contribution in [2.75, 3.05) is 42.8 Å². The molecule has 9 heteroatoms. The molecule has 29 heavy (non-hydrogen) atoms. The van der Waals surface area contributed by atoms with Gasteiger partial charge in [-0.3, -0.25) is 4.72 Å². The van der Waals surface area contributed by atoms with Crippen LogP contribution in [0.1, 0.15) is 16.7 Å². The largest absolute Gasteiger partial charge is 0.416 e. The summed E-state index contributed by atoms with van der Waals surface area (Å²) in [6.07, 6.45) is -4.57. The monoisotopic (exact) mass is 427 g/mol. The van der Waals surface area contributed by atoms with Crippen molar-refractivity contribution in [1.82, 2.24) is 4.90 Å². The summed E-state index contributed by atoms with van der Waals surface area (Å²) in [5, 5.41) is 0. The molecule has 0 radical (unpaired) electrons. The van der Waals surface area contributed by atoms with Gasteiger partial charge in [-0.25, -0.2) is 8.42 Å². The van der Waals surface area contributed by atoms with Gasteiger partial charge in [0.25, 0.3) is 10.0 Å². The highest BCUT2D eigenvalue weighted by atomic mass is 32.2. The van der Waals surface area contributed by atoms with Crippen molar-refractivity contribution in [2.24, 2.45) is 0 Å². The van der Waals surface area contributed by atoms with Gasteiger partial charge >= 0.3 is 6.18 Å². The zero-order valence-corrected chi connectivity index (χ0v) is 17.4. The van der Waals surface area contributed by atoms with Crippen LogP contribution in [-0.2, 0) is 16.2 Å². The van der Waals surface area contributed by atoms with E-state index in [1.165, 1.54) is 12.1 Å². The molecule has 158 valence electrons. The number of halogens is 3. The lowest BCUT2D eigenvalue weighted by Crippen LogP contribution is -2.44. The molecule has 1 aliphatic rings. The Kier molecular flexibility index (Phi) is 5.82. The number of alkyl halides is 3. The summed E-state index contributed by atoms with van der Waals surface area (Å²) in [5.74, 6) is 0. The summed E-state index contributed by atoms with van der Waals surface area (Å²) in [6, 6.07) is 8.18. The van der Waals surface area contributed by atoms with Gasteiger partial charge in [-0.1, -0.05) is 12.1 Å². The number of hydrogen-bond donors (Lipinski definition) is 1. The molecule has 0 bridgehead atoms. The van der Waals surface area contributed by atoms with Crippen LogP contribution in [0.15, 0.2) is 41.3 Å². The van der Waals surface area contributed by atoms with Gasteiger partial charge in [0.15, 0.2) is 0 Å². The van der Waals surface area contributed by atoms with Crippen LogP contribution in [-0.4, -0.2) is 46.5 Å². The van der Waals surface area contributed by atoms with Crippen molar-refractivity contribution in [3.63, 3.8) is 0 Å². The third-order valence-electron chi connectivity index (χ3n) is 5.05. The fraction of sp³-hybridized carbons (Fsp3) is 0.400. The zero-order valence-electron chi connectivity index (χ0n) is 16.5. The first-order chi connectivity index (χ1) is 13.5. The maximum Gasteiger partial charge on any atom is 0.416 e. The maximum atomic E-state index is 13.3. The van der Waals surface area contributed by atoms with Crippen molar-refractivity contribution in [3.8, 4) is 0 Å². The predicted molar refractivity (Wildman–Crippen MR) is 108 cm³/mol. The average molecular weight is 427 g/mol. The molecule has 0 unspecified atom stereocenters. The zero-order chi connectivity index (χ0) is 21.4. The van der Waals surface area contributed by atoms with Crippen molar-refractivity contribution in [1.29, 1.82) is 0 Å². The van der Waals surface area contributed by atoms with E-state index in [0.29, 0.717) is 24.3 Å². The first-order valence-corrected chi connectivity index (χ1v) is 10.7. The second-order valence-electron chi connectivity index (χ2n) is 7.39. The number of rotatable bonds is 4. The average Bonchev–Trinajstić information content (AvgIpc) is 2.63. The number of benzene rings is 2. The summed E-state index contributed by atoms with van der Waals surface area (Å²) < 4.78 is 68.2. The molecular formula is C20H24F3N3O2S. The molecule has 0 aromatic heterocycles. The number of piperazine rings is 1. The Morgan fingerprint density at radius 3 is 2.24 bits per heavy atom. The minimum absolute atomic E-state index is 0.0549. The Bertz CT molecular complexity index is 999. The summed E-state index contributed by atoms with van der Waals surface area (Å²) in [7, 11) is -2.09. The van der Waals surface area contributed by atoms with Gasteiger partial charge in [0.05, 0.1) is 21.8 Å². The van der Waals surface area contributed by atoms with Crippen molar-refractivity contribution in [3.05, 3.63) is 53.1 Å². The first kappa shape index (κ1) is 21.4. The van der Waals surface area contributed by atoms with E-state index in [9.17, 15) is 21.6 Å². The van der Waals surface area contributed by atoms with E-state index < -0.39 is 21.8 Å². The van der Waals surface area contributed by atoms with E-state index in [4.69, 9.17) is 0 Å². The molecule has 2 aromatic carbocycles. The van der Waals surface area contributed by atoms with Gasteiger partial charge in [-0.05, 0) is 56.3 Å². The predicted octanol–water partition coefficient (Wildman–Crippen LogP) is 3.87. The molecule has 1 heterocycles. The SMILES string of the molecule is Cc1ccc(C)c(S(=O)(=O)Nc2cc(C(F)(F)F)ccc2N2CCN(C)CC2)c1. The van der Waals surface area contributed by atoms with E-state index in [1.807, 2.05) is 11.9 Å². The minimum Gasteiger partial charge on any atom is -0.367 e. The summed E-state index contributed by atoms with van der Waals surface area (Å²) >= 11 is 0. The Balaban J connectivity index is 2.04. The number of likely N-dealkylation sites (N-methyl/N-ethyl adjacent to an activating group) is 1. The number of hydrogen-bond acceptors (Lipinski definition) is 4. The molecule has 1 N–H and O–H groups in total. The number of anilines is 2. The van der Waals surface area contributed by atoms with Gasteiger partial charge in [-0.15, -0.1) is 0 Å².